The molecule has 2 aromatic rings. The van der Waals surface area contributed by atoms with E-state index in [0.717, 1.165) is 18.2 Å². The van der Waals surface area contributed by atoms with Gasteiger partial charge in [-0.05, 0) is 46.3 Å². The lowest BCUT2D eigenvalue weighted by Crippen LogP contribution is -2.14. The predicted octanol–water partition coefficient (Wildman–Crippen LogP) is 5.03. The Balaban J connectivity index is 2.35. The molecule has 0 spiro atoms. The summed E-state index contributed by atoms with van der Waals surface area (Å²) in [6, 6.07) is 9.03. The number of hydrogen-bond donors (Lipinski definition) is 1. The molecule has 0 saturated heterocycles. The number of nitriles is 1. The van der Waals surface area contributed by atoms with Gasteiger partial charge in [-0.2, -0.15) is 18.4 Å². The van der Waals surface area contributed by atoms with Crippen molar-refractivity contribution in [2.45, 2.75) is 6.18 Å². The number of benzene rings is 2. The van der Waals surface area contributed by atoms with Crippen molar-refractivity contribution in [1.82, 2.24) is 0 Å². The molecule has 0 atom stereocenters. The van der Waals surface area contributed by atoms with Gasteiger partial charge in [0.1, 0.15) is 23.1 Å². The van der Waals surface area contributed by atoms with Crippen molar-refractivity contribution < 1.29 is 27.4 Å². The number of methoxy groups -OCH3 is 2. The lowest BCUT2D eigenvalue weighted by molar-refractivity contribution is -0.137. The van der Waals surface area contributed by atoms with Crippen LogP contribution in [0.2, 0.25) is 0 Å². The van der Waals surface area contributed by atoms with Crippen LogP contribution in [0.5, 0.6) is 11.5 Å². The Morgan fingerprint density at radius 3 is 2.43 bits per heavy atom. The summed E-state index contributed by atoms with van der Waals surface area (Å²) in [4.78, 5) is 12.4. The molecule has 0 saturated carbocycles. The standard InChI is InChI=1S/C19H14BrF3N2O3/c1-27-16-9-17(28-2)15(20)7-11(16)6-12(10-24)18(26)25-14-5-3-4-13(8-14)19(21,22)23/h3-9H,1-2H3,(H,25,26)/b12-6-. The van der Waals surface area contributed by atoms with Gasteiger partial charge in [0.05, 0.1) is 24.3 Å². The van der Waals surface area contributed by atoms with Gasteiger partial charge in [-0.15, -0.1) is 0 Å². The van der Waals surface area contributed by atoms with E-state index in [1.165, 1.54) is 26.4 Å². The number of amides is 1. The molecule has 0 heterocycles. The second-order valence-electron chi connectivity index (χ2n) is 5.43. The highest BCUT2D eigenvalue weighted by Gasteiger charge is 2.30. The molecular formula is C19H14BrF3N2O3. The lowest BCUT2D eigenvalue weighted by Gasteiger charge is -2.11. The molecule has 146 valence electrons. The van der Waals surface area contributed by atoms with Gasteiger partial charge in [-0.1, -0.05) is 6.07 Å². The fourth-order valence-corrected chi connectivity index (χ4v) is 2.79. The number of nitrogens with one attached hydrogen (secondary N) is 1. The van der Waals surface area contributed by atoms with E-state index < -0.39 is 17.6 Å². The van der Waals surface area contributed by atoms with Crippen molar-refractivity contribution in [2.75, 3.05) is 19.5 Å². The van der Waals surface area contributed by atoms with Gasteiger partial charge >= 0.3 is 6.18 Å². The van der Waals surface area contributed by atoms with E-state index in [0.29, 0.717) is 21.5 Å². The predicted molar refractivity (Wildman–Crippen MR) is 101 cm³/mol. The van der Waals surface area contributed by atoms with Crippen molar-refractivity contribution in [1.29, 1.82) is 5.26 Å². The van der Waals surface area contributed by atoms with Crippen LogP contribution in [-0.2, 0) is 11.0 Å². The Bertz CT molecular complexity index is 966. The number of ether oxygens (including phenoxy) is 2. The first-order chi connectivity index (χ1) is 13.2. The third kappa shape index (κ3) is 5.04. The van der Waals surface area contributed by atoms with Crippen LogP contribution in [0.4, 0.5) is 18.9 Å². The van der Waals surface area contributed by atoms with E-state index >= 15 is 0 Å². The summed E-state index contributed by atoms with van der Waals surface area (Å²) in [7, 11) is 2.88. The van der Waals surface area contributed by atoms with E-state index in [9.17, 15) is 23.2 Å². The summed E-state index contributed by atoms with van der Waals surface area (Å²) < 4.78 is 49.3. The van der Waals surface area contributed by atoms with Gasteiger partial charge in [0.2, 0.25) is 0 Å². The van der Waals surface area contributed by atoms with Gasteiger partial charge in [0.15, 0.2) is 0 Å². The Morgan fingerprint density at radius 2 is 1.86 bits per heavy atom. The van der Waals surface area contributed by atoms with Crippen molar-refractivity contribution in [3.63, 3.8) is 0 Å². The average molecular weight is 455 g/mol. The molecule has 1 amide bonds. The van der Waals surface area contributed by atoms with Crippen LogP contribution in [0.1, 0.15) is 11.1 Å². The molecule has 28 heavy (non-hydrogen) atoms. The summed E-state index contributed by atoms with van der Waals surface area (Å²) in [5.74, 6) is -0.0172. The second kappa shape index (κ2) is 8.80. The van der Waals surface area contributed by atoms with Gasteiger partial charge in [0, 0.05) is 17.3 Å². The Morgan fingerprint density at radius 1 is 1.18 bits per heavy atom. The van der Waals surface area contributed by atoms with E-state index in [4.69, 9.17) is 9.47 Å². The Labute approximate surface area is 167 Å². The van der Waals surface area contributed by atoms with Gasteiger partial charge in [-0.25, -0.2) is 0 Å². The fraction of sp³-hybridized carbons (Fsp3) is 0.158. The molecule has 1 N–H and O–H groups in total. The first-order valence-corrected chi connectivity index (χ1v) is 8.50. The smallest absolute Gasteiger partial charge is 0.416 e. The molecule has 0 bridgehead atoms. The Hall–Kier alpha value is -2.99. The number of anilines is 1. The molecular weight excluding hydrogens is 441 g/mol. The van der Waals surface area contributed by atoms with Gasteiger partial charge in [-0.3, -0.25) is 4.79 Å². The fourth-order valence-electron chi connectivity index (χ4n) is 2.27. The monoisotopic (exact) mass is 454 g/mol. The minimum absolute atomic E-state index is 0.0798. The summed E-state index contributed by atoms with van der Waals surface area (Å²) in [5, 5.41) is 11.6. The molecule has 0 aliphatic carbocycles. The summed E-state index contributed by atoms with van der Waals surface area (Å²) in [6.45, 7) is 0. The molecule has 0 aliphatic rings. The zero-order valence-corrected chi connectivity index (χ0v) is 16.3. The van der Waals surface area contributed by atoms with Crippen LogP contribution < -0.4 is 14.8 Å². The quantitative estimate of drug-likeness (QED) is 0.507. The molecule has 2 rings (SSSR count). The molecule has 0 aliphatic heterocycles. The van der Waals surface area contributed by atoms with E-state index in [1.807, 2.05) is 0 Å². The van der Waals surface area contributed by atoms with Crippen LogP contribution in [-0.4, -0.2) is 20.1 Å². The highest BCUT2D eigenvalue weighted by Crippen LogP contribution is 2.34. The SMILES string of the molecule is COc1cc(OC)c(/C=C(/C#N)C(=O)Nc2cccc(C(F)(F)F)c2)cc1Br. The number of rotatable bonds is 5. The third-order valence-electron chi connectivity index (χ3n) is 3.62. The van der Waals surface area contributed by atoms with Gasteiger partial charge in [0.25, 0.3) is 5.91 Å². The normalized spacial score (nSPS) is 11.5. The van der Waals surface area contributed by atoms with Crippen LogP contribution in [0.25, 0.3) is 6.08 Å². The molecule has 9 heteroatoms. The Kier molecular flexibility index (Phi) is 6.70. The second-order valence-corrected chi connectivity index (χ2v) is 6.29. The summed E-state index contributed by atoms with van der Waals surface area (Å²) >= 11 is 3.30. The minimum Gasteiger partial charge on any atom is -0.496 e. The van der Waals surface area contributed by atoms with Gasteiger partial charge < -0.3 is 14.8 Å². The minimum atomic E-state index is -4.54. The largest absolute Gasteiger partial charge is 0.496 e. The van der Waals surface area contributed by atoms with E-state index in [1.54, 1.807) is 18.2 Å². The molecule has 0 fully saturated rings. The number of alkyl halides is 3. The van der Waals surface area contributed by atoms with Crippen LogP contribution in [0.15, 0.2) is 46.4 Å². The zero-order chi connectivity index (χ0) is 20.9. The number of carbonyl (C=O) groups excluding carboxylic acids is 1. The molecule has 0 unspecified atom stereocenters. The summed E-state index contributed by atoms with van der Waals surface area (Å²) in [5.41, 5.74) is -0.893. The van der Waals surface area contributed by atoms with Crippen molar-refractivity contribution in [3.8, 4) is 17.6 Å². The lowest BCUT2D eigenvalue weighted by atomic mass is 10.1. The van der Waals surface area contributed by atoms with Crippen LogP contribution in [0.3, 0.4) is 0 Å². The van der Waals surface area contributed by atoms with E-state index in [-0.39, 0.29) is 11.3 Å². The highest BCUT2D eigenvalue weighted by atomic mass is 79.9. The van der Waals surface area contributed by atoms with E-state index in [2.05, 4.69) is 21.2 Å². The first-order valence-electron chi connectivity index (χ1n) is 7.71. The maximum atomic E-state index is 12.8. The average Bonchev–Trinajstić information content (AvgIpc) is 2.65. The maximum absolute atomic E-state index is 12.8. The number of carbonyl (C=O) groups is 1. The molecule has 0 radical (unpaired) electrons. The maximum Gasteiger partial charge on any atom is 0.416 e. The highest BCUT2D eigenvalue weighted by molar-refractivity contribution is 9.10. The number of halogens is 4. The number of hydrogen-bond acceptors (Lipinski definition) is 4. The summed E-state index contributed by atoms with van der Waals surface area (Å²) in [6.07, 6.45) is -3.27. The van der Waals surface area contributed by atoms with Crippen molar-refractivity contribution in [3.05, 3.63) is 57.6 Å². The molecule has 0 aromatic heterocycles. The third-order valence-corrected chi connectivity index (χ3v) is 4.24. The number of nitrogens with zero attached hydrogens (tertiary/aromatic N) is 1. The first kappa shape index (κ1) is 21.3. The van der Waals surface area contributed by atoms with Crippen LogP contribution in [0, 0.1) is 11.3 Å². The van der Waals surface area contributed by atoms with Crippen molar-refractivity contribution >= 4 is 33.6 Å². The topological polar surface area (TPSA) is 71.3 Å². The zero-order valence-electron chi connectivity index (χ0n) is 14.7. The van der Waals surface area contributed by atoms with Crippen molar-refractivity contribution in [2.24, 2.45) is 0 Å². The van der Waals surface area contributed by atoms with Crippen LogP contribution >= 0.6 is 15.9 Å². The molecule has 2 aromatic carbocycles. The molecule has 5 nitrogen and oxygen atoms in total.